The minimum absolute atomic E-state index is 0.103. The highest BCUT2D eigenvalue weighted by Gasteiger charge is 2.35. The van der Waals surface area contributed by atoms with Crippen molar-refractivity contribution < 1.29 is 9.31 Å². The molecule has 0 saturated carbocycles. The molecular formula is C22H22N5O2+. The summed E-state index contributed by atoms with van der Waals surface area (Å²) in [5.41, 5.74) is 4.01. The first-order valence-electron chi connectivity index (χ1n) is 9.64. The van der Waals surface area contributed by atoms with E-state index in [0.29, 0.717) is 11.6 Å². The van der Waals surface area contributed by atoms with Crippen LogP contribution >= 0.6 is 0 Å². The first kappa shape index (κ1) is 17.5. The Kier molecular flexibility index (Phi) is 4.08. The fraction of sp³-hybridized carbons (Fsp3) is 0.227. The first-order chi connectivity index (χ1) is 14.1. The predicted molar refractivity (Wildman–Crippen MR) is 111 cm³/mol. The number of guanidine groups is 1. The van der Waals surface area contributed by atoms with Gasteiger partial charge in [-0.25, -0.2) is 19.4 Å². The van der Waals surface area contributed by atoms with Gasteiger partial charge in [-0.15, -0.1) is 0 Å². The number of aryl methyl sites for hydroxylation is 1. The van der Waals surface area contributed by atoms with Gasteiger partial charge in [0.25, 0.3) is 11.5 Å². The molecule has 0 radical (unpaired) electrons. The van der Waals surface area contributed by atoms with Gasteiger partial charge in [0.2, 0.25) is 0 Å². The molecule has 0 bridgehead atoms. The number of aromatic nitrogens is 2. The third kappa shape index (κ3) is 2.95. The van der Waals surface area contributed by atoms with Crippen molar-refractivity contribution in [2.45, 2.75) is 19.5 Å². The van der Waals surface area contributed by atoms with E-state index >= 15 is 0 Å². The molecule has 2 aliphatic rings. The molecule has 0 saturated heterocycles. The van der Waals surface area contributed by atoms with Crippen LogP contribution < -0.4 is 20.9 Å². The van der Waals surface area contributed by atoms with Gasteiger partial charge >= 0.3 is 5.96 Å². The molecule has 0 spiro atoms. The minimum atomic E-state index is -0.375. The van der Waals surface area contributed by atoms with Crippen LogP contribution in [-0.4, -0.2) is 33.7 Å². The van der Waals surface area contributed by atoms with Crippen LogP contribution in [-0.2, 0) is 6.42 Å². The highest BCUT2D eigenvalue weighted by atomic mass is 16.5. The van der Waals surface area contributed by atoms with Crippen molar-refractivity contribution >= 4 is 17.6 Å². The van der Waals surface area contributed by atoms with E-state index in [0.717, 1.165) is 30.2 Å². The summed E-state index contributed by atoms with van der Waals surface area (Å²) in [6, 6.07) is 17.7. The van der Waals surface area contributed by atoms with Crippen LogP contribution in [0.4, 0.5) is 11.6 Å². The van der Waals surface area contributed by atoms with E-state index in [-0.39, 0.29) is 11.7 Å². The Hall–Kier alpha value is -3.61. The molecule has 7 nitrogen and oxygen atoms in total. The molecule has 0 unspecified atom stereocenters. The van der Waals surface area contributed by atoms with Crippen molar-refractivity contribution in [3.8, 4) is 5.75 Å². The molecule has 5 rings (SSSR count). The van der Waals surface area contributed by atoms with Gasteiger partial charge in [-0.05, 0) is 42.8 Å². The minimum Gasteiger partial charge on any atom is -0.497 e. The van der Waals surface area contributed by atoms with Crippen LogP contribution in [0.3, 0.4) is 0 Å². The molecule has 7 heteroatoms. The summed E-state index contributed by atoms with van der Waals surface area (Å²) in [4.78, 5) is 17.4. The number of nitrogens with one attached hydrogen (secondary N) is 2. The SMILES string of the molecule is COc1ccc([C@@H]2NC(=[N+]3CCc4ccccc43)Nc3nc(C)cc(=O)n32)cc1. The lowest BCUT2D eigenvalue weighted by molar-refractivity contribution is -0.432. The zero-order chi connectivity index (χ0) is 20.0. The van der Waals surface area contributed by atoms with E-state index < -0.39 is 0 Å². The summed E-state index contributed by atoms with van der Waals surface area (Å²) in [6.45, 7) is 2.69. The van der Waals surface area contributed by atoms with Crippen molar-refractivity contribution in [2.24, 2.45) is 0 Å². The summed E-state index contributed by atoms with van der Waals surface area (Å²) >= 11 is 0. The summed E-state index contributed by atoms with van der Waals surface area (Å²) < 4.78 is 9.15. The van der Waals surface area contributed by atoms with Gasteiger partial charge in [0.1, 0.15) is 11.4 Å². The summed E-state index contributed by atoms with van der Waals surface area (Å²) in [5.74, 6) is 2.14. The molecule has 1 atom stereocenters. The third-order valence-corrected chi connectivity index (χ3v) is 5.43. The van der Waals surface area contributed by atoms with Crippen molar-refractivity contribution in [3.63, 3.8) is 0 Å². The molecular weight excluding hydrogens is 366 g/mol. The predicted octanol–water partition coefficient (Wildman–Crippen LogP) is 2.38. The second-order valence-corrected chi connectivity index (χ2v) is 7.25. The maximum atomic E-state index is 12.8. The molecule has 0 aliphatic carbocycles. The molecule has 0 amide bonds. The van der Waals surface area contributed by atoms with Crippen molar-refractivity contribution in [2.75, 3.05) is 19.0 Å². The second kappa shape index (κ2) is 6.77. The number of rotatable bonds is 2. The third-order valence-electron chi connectivity index (χ3n) is 5.43. The summed E-state index contributed by atoms with van der Waals surface area (Å²) in [5, 5.41) is 6.86. The normalized spacial score (nSPS) is 19.7. The number of ether oxygens (including phenoxy) is 1. The van der Waals surface area contributed by atoms with Gasteiger partial charge in [-0.3, -0.25) is 10.1 Å². The number of hydrogen-bond donors (Lipinski definition) is 2. The maximum Gasteiger partial charge on any atom is 0.360 e. The van der Waals surface area contributed by atoms with E-state index in [1.807, 2.05) is 37.3 Å². The number of anilines is 1. The fourth-order valence-corrected chi connectivity index (χ4v) is 4.01. The van der Waals surface area contributed by atoms with Crippen LogP contribution in [0.25, 0.3) is 0 Å². The van der Waals surface area contributed by atoms with Gasteiger partial charge in [0.05, 0.1) is 13.7 Å². The lowest BCUT2D eigenvalue weighted by Crippen LogP contribution is -2.51. The Labute approximate surface area is 168 Å². The molecule has 29 heavy (non-hydrogen) atoms. The van der Waals surface area contributed by atoms with Gasteiger partial charge in [-0.1, -0.05) is 18.2 Å². The smallest absolute Gasteiger partial charge is 0.360 e. The zero-order valence-electron chi connectivity index (χ0n) is 16.3. The van der Waals surface area contributed by atoms with Gasteiger partial charge < -0.3 is 4.74 Å². The largest absolute Gasteiger partial charge is 0.497 e. The lowest BCUT2D eigenvalue weighted by Gasteiger charge is -2.27. The highest BCUT2D eigenvalue weighted by molar-refractivity contribution is 5.91. The molecule has 3 aromatic rings. The molecule has 3 heterocycles. The second-order valence-electron chi connectivity index (χ2n) is 7.25. The van der Waals surface area contributed by atoms with Crippen LogP contribution in [0.5, 0.6) is 5.75 Å². The van der Waals surface area contributed by atoms with Crippen molar-refractivity contribution in [1.29, 1.82) is 0 Å². The average molecular weight is 388 g/mol. The van der Waals surface area contributed by atoms with E-state index in [9.17, 15) is 4.79 Å². The van der Waals surface area contributed by atoms with Crippen molar-refractivity contribution in [3.05, 3.63) is 81.8 Å². The zero-order valence-corrected chi connectivity index (χ0v) is 16.3. The topological polar surface area (TPSA) is 71.2 Å². The maximum absolute atomic E-state index is 12.8. The van der Waals surface area contributed by atoms with Crippen molar-refractivity contribution in [1.82, 2.24) is 14.9 Å². The molecule has 2 N–H and O–H groups in total. The van der Waals surface area contributed by atoms with Gasteiger partial charge in [-0.2, -0.15) is 0 Å². The average Bonchev–Trinajstić information content (AvgIpc) is 3.17. The number of hydrogen-bond acceptors (Lipinski definition) is 3. The van der Waals surface area contributed by atoms with Crippen LogP contribution in [0, 0.1) is 6.92 Å². The molecule has 1 aromatic heterocycles. The Balaban J connectivity index is 1.67. The van der Waals surface area contributed by atoms with E-state index in [1.54, 1.807) is 17.7 Å². The lowest BCUT2D eigenvalue weighted by atomic mass is 10.1. The number of methoxy groups -OCH3 is 1. The Bertz CT molecular complexity index is 1180. The van der Waals surface area contributed by atoms with E-state index in [1.165, 1.54) is 11.3 Å². The van der Waals surface area contributed by atoms with Gasteiger partial charge in [0, 0.05) is 23.7 Å². The number of para-hydroxylation sites is 1. The first-order valence-corrected chi connectivity index (χ1v) is 9.64. The van der Waals surface area contributed by atoms with E-state index in [2.05, 4.69) is 38.4 Å². The summed E-state index contributed by atoms with van der Waals surface area (Å²) in [6.07, 6.45) is 0.602. The Morgan fingerprint density at radius 3 is 2.76 bits per heavy atom. The molecule has 2 aromatic carbocycles. The molecule has 2 aliphatic heterocycles. The Morgan fingerprint density at radius 2 is 1.97 bits per heavy atom. The highest BCUT2D eigenvalue weighted by Crippen LogP contribution is 2.28. The van der Waals surface area contributed by atoms with Crippen LogP contribution in [0.1, 0.15) is 23.0 Å². The molecule has 146 valence electrons. The monoisotopic (exact) mass is 388 g/mol. The van der Waals surface area contributed by atoms with Crippen LogP contribution in [0.2, 0.25) is 0 Å². The Morgan fingerprint density at radius 1 is 1.17 bits per heavy atom. The van der Waals surface area contributed by atoms with Crippen LogP contribution in [0.15, 0.2) is 59.4 Å². The van der Waals surface area contributed by atoms with Gasteiger partial charge in [0.15, 0.2) is 6.17 Å². The number of nitrogens with zero attached hydrogens (tertiary/aromatic N) is 3. The molecule has 0 fully saturated rings. The standard InChI is InChI=1S/C22H21N5O2/c1-14-13-19(28)27-20(16-7-9-17(29-2)10-8-16)24-21(25-22(27)23-14)26-12-11-15-5-3-4-6-18(15)26/h3-10,13,20H,11-12H2,1-2H3,(H,23,24,25,28)/p+1/t20-/m1/s1. The van der Waals surface area contributed by atoms with E-state index in [4.69, 9.17) is 4.74 Å². The summed E-state index contributed by atoms with van der Waals surface area (Å²) in [7, 11) is 1.64. The number of benzene rings is 2. The number of fused-ring (bicyclic) bond motifs is 2. The fourth-order valence-electron chi connectivity index (χ4n) is 4.01. The quantitative estimate of drug-likeness (QED) is 0.660.